The third kappa shape index (κ3) is 5.31. The Morgan fingerprint density at radius 3 is 2.95 bits per heavy atom. The van der Waals surface area contributed by atoms with Crippen molar-refractivity contribution in [2.45, 2.75) is 31.0 Å². The number of ether oxygens (including phenoxy) is 1. The van der Waals surface area contributed by atoms with Gasteiger partial charge < -0.3 is 14.8 Å². The summed E-state index contributed by atoms with van der Waals surface area (Å²) in [6, 6.07) is 7.76. The van der Waals surface area contributed by atoms with Crippen LogP contribution < -0.4 is 10.1 Å². The Bertz CT molecular complexity index is 616. The highest BCUT2D eigenvalue weighted by Crippen LogP contribution is 2.31. The fourth-order valence-corrected chi connectivity index (χ4v) is 3.54. The van der Waals surface area contributed by atoms with Gasteiger partial charge in [0.1, 0.15) is 11.5 Å². The molecule has 0 radical (unpaired) electrons. The lowest BCUT2D eigenvalue weighted by molar-refractivity contribution is -0.117. The van der Waals surface area contributed by atoms with Gasteiger partial charge in [-0.3, -0.25) is 0 Å². The average Bonchev–Trinajstić information content (AvgIpc) is 2.93. The molecule has 0 amide bonds. The van der Waals surface area contributed by atoms with E-state index in [1.165, 1.54) is 11.3 Å². The van der Waals surface area contributed by atoms with E-state index >= 15 is 0 Å². The minimum absolute atomic E-state index is 0.229. The number of hydrogen-bond donors (Lipinski definition) is 1. The topological polar surface area (TPSA) is 64.1 Å². The van der Waals surface area contributed by atoms with Crippen LogP contribution in [0.25, 0.3) is 0 Å². The molecule has 0 bridgehead atoms. The maximum Gasteiger partial charge on any atom is 0.210 e. The zero-order chi connectivity index (χ0) is 15.8. The van der Waals surface area contributed by atoms with Crippen LogP contribution in [0.15, 0.2) is 28.6 Å². The lowest BCUT2D eigenvalue weighted by Gasteiger charge is -2.09. The summed E-state index contributed by atoms with van der Waals surface area (Å²) in [4.78, 5) is 10.9. The van der Waals surface area contributed by atoms with Crippen molar-refractivity contribution >= 4 is 39.7 Å². The molecule has 0 unspecified atom stereocenters. The van der Waals surface area contributed by atoms with Crippen molar-refractivity contribution in [3.63, 3.8) is 0 Å². The number of nitrogens with one attached hydrogen (secondary N) is 1. The zero-order valence-electron chi connectivity index (χ0n) is 12.7. The van der Waals surface area contributed by atoms with Gasteiger partial charge in [-0.1, -0.05) is 35.2 Å². The first-order chi connectivity index (χ1) is 10.7. The molecule has 0 aliphatic carbocycles. The van der Waals surface area contributed by atoms with Crippen LogP contribution in [0.5, 0.6) is 5.75 Å². The van der Waals surface area contributed by atoms with Gasteiger partial charge in [0, 0.05) is 12.2 Å². The van der Waals surface area contributed by atoms with Crippen LogP contribution in [-0.2, 0) is 4.79 Å². The number of ketones is 1. The summed E-state index contributed by atoms with van der Waals surface area (Å²) in [7, 11) is 0. The number of thioether (sulfide) groups is 1. The first kappa shape index (κ1) is 16.8. The van der Waals surface area contributed by atoms with Crippen molar-refractivity contribution in [2.75, 3.05) is 17.7 Å². The van der Waals surface area contributed by atoms with Crippen LogP contribution in [-0.4, -0.2) is 28.3 Å². The summed E-state index contributed by atoms with van der Waals surface area (Å²) < 4.78 is 6.48. The number of nitrogens with zero attached hydrogens (tertiary/aromatic N) is 2. The number of para-hydroxylation sites is 2. The Morgan fingerprint density at radius 2 is 2.18 bits per heavy atom. The van der Waals surface area contributed by atoms with Crippen molar-refractivity contribution < 1.29 is 9.53 Å². The molecular weight excluding hydrogens is 318 g/mol. The van der Waals surface area contributed by atoms with Gasteiger partial charge in [-0.05, 0) is 32.4 Å². The van der Waals surface area contributed by atoms with Gasteiger partial charge in [0.15, 0.2) is 4.34 Å². The SMILES string of the molecule is CCOc1ccccc1Nc1nnc(SCCCC(C)=O)s1. The Balaban J connectivity index is 1.90. The number of anilines is 2. The fraction of sp³-hybridized carbons (Fsp3) is 0.400. The number of carbonyl (C=O) groups excluding carboxylic acids is 1. The molecule has 0 atom stereocenters. The lowest BCUT2D eigenvalue weighted by Crippen LogP contribution is -1.97. The first-order valence-electron chi connectivity index (χ1n) is 7.13. The second-order valence-electron chi connectivity index (χ2n) is 4.58. The number of rotatable bonds is 9. The molecule has 2 rings (SSSR count). The summed E-state index contributed by atoms with van der Waals surface area (Å²) in [5.41, 5.74) is 0.883. The molecule has 0 saturated carbocycles. The maximum atomic E-state index is 10.9. The Kier molecular flexibility index (Phi) is 6.67. The molecule has 118 valence electrons. The fourth-order valence-electron chi connectivity index (χ4n) is 1.77. The van der Waals surface area contributed by atoms with Crippen LogP contribution in [0.4, 0.5) is 10.8 Å². The zero-order valence-corrected chi connectivity index (χ0v) is 14.3. The average molecular weight is 337 g/mol. The molecule has 1 N–H and O–H groups in total. The molecule has 0 saturated heterocycles. The minimum Gasteiger partial charge on any atom is -0.492 e. The van der Waals surface area contributed by atoms with Gasteiger partial charge in [-0.15, -0.1) is 10.2 Å². The predicted molar refractivity (Wildman–Crippen MR) is 91.4 cm³/mol. The Labute approximate surface area is 138 Å². The van der Waals surface area contributed by atoms with Gasteiger partial charge in [0.25, 0.3) is 0 Å². The molecule has 2 aromatic rings. The van der Waals surface area contributed by atoms with E-state index in [1.54, 1.807) is 18.7 Å². The van der Waals surface area contributed by atoms with Gasteiger partial charge in [-0.25, -0.2) is 0 Å². The number of hydrogen-bond acceptors (Lipinski definition) is 7. The van der Waals surface area contributed by atoms with E-state index in [4.69, 9.17) is 4.74 Å². The van der Waals surface area contributed by atoms with E-state index in [9.17, 15) is 4.79 Å². The van der Waals surface area contributed by atoms with Crippen LogP contribution in [0, 0.1) is 0 Å². The monoisotopic (exact) mass is 337 g/mol. The third-order valence-corrected chi connectivity index (χ3v) is 4.79. The minimum atomic E-state index is 0.229. The molecule has 5 nitrogen and oxygen atoms in total. The summed E-state index contributed by atoms with van der Waals surface area (Å²) in [5, 5.41) is 12.3. The van der Waals surface area contributed by atoms with Gasteiger partial charge in [-0.2, -0.15) is 0 Å². The number of carbonyl (C=O) groups is 1. The molecule has 1 heterocycles. The summed E-state index contributed by atoms with van der Waals surface area (Å²) >= 11 is 3.13. The molecule has 7 heteroatoms. The van der Waals surface area contributed by atoms with E-state index in [-0.39, 0.29) is 5.78 Å². The Morgan fingerprint density at radius 1 is 1.36 bits per heavy atom. The third-order valence-electron chi connectivity index (χ3n) is 2.73. The van der Waals surface area contributed by atoms with Crippen LogP contribution in [0.3, 0.4) is 0 Å². The predicted octanol–water partition coefficient (Wildman–Crippen LogP) is 4.14. The van der Waals surface area contributed by atoms with Crippen molar-refractivity contribution in [1.82, 2.24) is 10.2 Å². The van der Waals surface area contributed by atoms with Gasteiger partial charge in [0.2, 0.25) is 5.13 Å². The lowest BCUT2D eigenvalue weighted by atomic mass is 10.3. The van der Waals surface area contributed by atoms with Crippen LogP contribution >= 0.6 is 23.1 Å². The second-order valence-corrected chi connectivity index (χ2v) is 6.90. The van der Waals surface area contributed by atoms with E-state index in [0.717, 1.165) is 33.1 Å². The number of Topliss-reactive ketones (excluding diaryl/α,β-unsaturated/α-hetero) is 1. The molecule has 22 heavy (non-hydrogen) atoms. The first-order valence-corrected chi connectivity index (χ1v) is 8.94. The van der Waals surface area contributed by atoms with E-state index in [2.05, 4.69) is 15.5 Å². The molecule has 1 aromatic heterocycles. The standard InChI is InChI=1S/C15H19N3O2S2/c1-3-20-13-9-5-4-8-12(13)16-14-17-18-15(22-14)21-10-6-7-11(2)19/h4-5,8-9H,3,6-7,10H2,1-2H3,(H,16,17). The van der Waals surface area contributed by atoms with Crippen molar-refractivity contribution in [1.29, 1.82) is 0 Å². The highest BCUT2D eigenvalue weighted by atomic mass is 32.2. The van der Waals surface area contributed by atoms with Crippen LogP contribution in [0.1, 0.15) is 26.7 Å². The summed E-state index contributed by atoms with van der Waals surface area (Å²) in [6.07, 6.45) is 1.49. The molecule has 0 spiro atoms. The smallest absolute Gasteiger partial charge is 0.210 e. The quantitative estimate of drug-likeness (QED) is 0.548. The highest BCUT2D eigenvalue weighted by Gasteiger charge is 2.08. The highest BCUT2D eigenvalue weighted by molar-refractivity contribution is 8.01. The van der Waals surface area contributed by atoms with E-state index < -0.39 is 0 Å². The van der Waals surface area contributed by atoms with E-state index in [1.807, 2.05) is 31.2 Å². The summed E-state index contributed by atoms with van der Waals surface area (Å²) in [6.45, 7) is 4.19. The molecule has 0 aliphatic heterocycles. The van der Waals surface area contributed by atoms with Crippen molar-refractivity contribution in [3.8, 4) is 5.75 Å². The summed E-state index contributed by atoms with van der Waals surface area (Å²) in [5.74, 6) is 1.91. The van der Waals surface area contributed by atoms with Gasteiger partial charge in [0.05, 0.1) is 12.3 Å². The molecule has 0 fully saturated rings. The number of aromatic nitrogens is 2. The molecule has 1 aromatic carbocycles. The van der Waals surface area contributed by atoms with E-state index in [0.29, 0.717) is 13.0 Å². The maximum absolute atomic E-state index is 10.9. The van der Waals surface area contributed by atoms with Crippen molar-refractivity contribution in [2.24, 2.45) is 0 Å². The van der Waals surface area contributed by atoms with Crippen molar-refractivity contribution in [3.05, 3.63) is 24.3 Å². The largest absolute Gasteiger partial charge is 0.492 e. The van der Waals surface area contributed by atoms with Gasteiger partial charge >= 0.3 is 0 Å². The van der Waals surface area contributed by atoms with Crippen LogP contribution in [0.2, 0.25) is 0 Å². The second kappa shape index (κ2) is 8.75. The normalized spacial score (nSPS) is 10.5. The number of benzene rings is 1. The molecular formula is C15H19N3O2S2. The Hall–Kier alpha value is -1.60. The molecule has 0 aliphatic rings.